The van der Waals surface area contributed by atoms with Crippen LogP contribution in [0.2, 0.25) is 10.0 Å². The third-order valence-corrected chi connectivity index (χ3v) is 2.33. The van der Waals surface area contributed by atoms with E-state index in [0.29, 0.717) is 0 Å². The molecule has 0 saturated heterocycles. The highest BCUT2D eigenvalue weighted by molar-refractivity contribution is 6.35. The van der Waals surface area contributed by atoms with Gasteiger partial charge in [0.2, 0.25) is 0 Å². The van der Waals surface area contributed by atoms with Crippen LogP contribution in [-0.2, 0) is 6.42 Å². The van der Waals surface area contributed by atoms with Crippen LogP contribution in [0, 0.1) is 0 Å². The number of benzene rings is 1. The Bertz CT molecular complexity index is 327. The number of rotatable bonds is 0. The molecule has 2 rings (SSSR count). The molecule has 0 fully saturated rings. The van der Waals surface area contributed by atoms with Gasteiger partial charge >= 0.3 is 0 Å². The first kappa shape index (κ1) is 7.20. The summed E-state index contributed by atoms with van der Waals surface area (Å²) in [4.78, 5) is 0. The molecule has 0 atom stereocenters. The highest BCUT2D eigenvalue weighted by Gasteiger charge is 2.09. The Balaban J connectivity index is 2.67. The fraction of sp³-hybridized carbons (Fsp3) is 0.111. The fourth-order valence-corrected chi connectivity index (χ4v) is 1.90. The van der Waals surface area contributed by atoms with E-state index in [-0.39, 0.29) is 0 Å². The molecule has 0 N–H and O–H groups in total. The van der Waals surface area contributed by atoms with Gasteiger partial charge in [0.15, 0.2) is 0 Å². The van der Waals surface area contributed by atoms with Crippen LogP contribution in [-0.4, -0.2) is 0 Å². The molecular formula is C9H6Cl2. The maximum absolute atomic E-state index is 5.94. The molecule has 0 saturated carbocycles. The second-order valence-electron chi connectivity index (χ2n) is 2.57. The summed E-state index contributed by atoms with van der Waals surface area (Å²) in [5, 5.41) is 1.47. The average molecular weight is 185 g/mol. The topological polar surface area (TPSA) is 0 Å². The molecule has 56 valence electrons. The van der Waals surface area contributed by atoms with Crippen molar-refractivity contribution in [2.24, 2.45) is 0 Å². The molecular weight excluding hydrogens is 179 g/mol. The Morgan fingerprint density at radius 2 is 2.00 bits per heavy atom. The van der Waals surface area contributed by atoms with E-state index in [1.165, 1.54) is 5.56 Å². The van der Waals surface area contributed by atoms with E-state index in [1.807, 2.05) is 12.1 Å². The fourth-order valence-electron chi connectivity index (χ4n) is 1.30. The highest BCUT2D eigenvalue weighted by atomic mass is 35.5. The highest BCUT2D eigenvalue weighted by Crippen LogP contribution is 2.30. The molecule has 0 bridgehead atoms. The lowest BCUT2D eigenvalue weighted by atomic mass is 10.1. The third kappa shape index (κ3) is 1.17. The van der Waals surface area contributed by atoms with Gasteiger partial charge in [-0.05, 0) is 29.7 Å². The van der Waals surface area contributed by atoms with E-state index < -0.39 is 0 Å². The lowest BCUT2D eigenvalue weighted by molar-refractivity contribution is 1.31. The van der Waals surface area contributed by atoms with Crippen LogP contribution in [0.25, 0.3) is 6.08 Å². The molecule has 0 radical (unpaired) electrons. The Labute approximate surface area is 75.4 Å². The van der Waals surface area contributed by atoms with Crippen molar-refractivity contribution in [3.05, 3.63) is 39.4 Å². The van der Waals surface area contributed by atoms with Crippen LogP contribution in [0.1, 0.15) is 11.1 Å². The van der Waals surface area contributed by atoms with Gasteiger partial charge in [0.25, 0.3) is 0 Å². The van der Waals surface area contributed by atoms with E-state index in [1.54, 1.807) is 6.07 Å². The number of fused-ring (bicyclic) bond motifs is 1. The minimum absolute atomic E-state index is 0.720. The van der Waals surface area contributed by atoms with Crippen LogP contribution in [0.3, 0.4) is 0 Å². The predicted octanol–water partition coefficient (Wildman–Crippen LogP) is 3.56. The second kappa shape index (κ2) is 2.54. The van der Waals surface area contributed by atoms with Crippen molar-refractivity contribution in [1.29, 1.82) is 0 Å². The van der Waals surface area contributed by atoms with Crippen molar-refractivity contribution < 1.29 is 0 Å². The molecule has 0 unspecified atom stereocenters. The molecule has 1 aromatic carbocycles. The first-order valence-corrected chi connectivity index (χ1v) is 4.17. The maximum Gasteiger partial charge on any atom is 0.0495 e. The van der Waals surface area contributed by atoms with E-state index >= 15 is 0 Å². The Morgan fingerprint density at radius 1 is 1.18 bits per heavy atom. The van der Waals surface area contributed by atoms with Gasteiger partial charge in [-0.3, -0.25) is 0 Å². The summed E-state index contributed by atoms with van der Waals surface area (Å²) < 4.78 is 0. The lowest BCUT2D eigenvalue weighted by Crippen LogP contribution is -1.82. The van der Waals surface area contributed by atoms with Gasteiger partial charge in [0.1, 0.15) is 0 Å². The third-order valence-electron chi connectivity index (χ3n) is 1.80. The molecule has 2 heteroatoms. The van der Waals surface area contributed by atoms with E-state index in [4.69, 9.17) is 23.2 Å². The SMILES string of the molecule is Clc1cc(Cl)c2c(c1)CC=C2. The summed E-state index contributed by atoms with van der Waals surface area (Å²) in [6, 6.07) is 3.74. The Morgan fingerprint density at radius 3 is 2.82 bits per heavy atom. The summed E-state index contributed by atoms with van der Waals surface area (Å²) in [5.74, 6) is 0. The van der Waals surface area contributed by atoms with Gasteiger partial charge in [-0.2, -0.15) is 0 Å². The second-order valence-corrected chi connectivity index (χ2v) is 3.41. The van der Waals surface area contributed by atoms with Crippen molar-refractivity contribution in [1.82, 2.24) is 0 Å². The number of hydrogen-bond acceptors (Lipinski definition) is 0. The Kier molecular flexibility index (Phi) is 1.67. The average Bonchev–Trinajstić information content (AvgIpc) is 2.34. The van der Waals surface area contributed by atoms with Gasteiger partial charge in [0, 0.05) is 10.0 Å². The normalized spacial score (nSPS) is 13.6. The smallest absolute Gasteiger partial charge is 0.0495 e. The summed E-state index contributed by atoms with van der Waals surface area (Å²) in [7, 11) is 0. The van der Waals surface area contributed by atoms with E-state index in [0.717, 1.165) is 22.0 Å². The zero-order valence-electron chi connectivity index (χ0n) is 5.77. The van der Waals surface area contributed by atoms with Crippen LogP contribution in [0.4, 0.5) is 0 Å². The monoisotopic (exact) mass is 184 g/mol. The van der Waals surface area contributed by atoms with E-state index in [2.05, 4.69) is 6.08 Å². The quantitative estimate of drug-likeness (QED) is 0.579. The van der Waals surface area contributed by atoms with Gasteiger partial charge < -0.3 is 0 Å². The van der Waals surface area contributed by atoms with Crippen molar-refractivity contribution in [3.63, 3.8) is 0 Å². The van der Waals surface area contributed by atoms with Gasteiger partial charge in [0.05, 0.1) is 0 Å². The minimum Gasteiger partial charge on any atom is -0.0843 e. The van der Waals surface area contributed by atoms with Crippen LogP contribution < -0.4 is 0 Å². The van der Waals surface area contributed by atoms with E-state index in [9.17, 15) is 0 Å². The van der Waals surface area contributed by atoms with Gasteiger partial charge in [-0.15, -0.1) is 0 Å². The molecule has 0 aliphatic heterocycles. The van der Waals surface area contributed by atoms with Crippen molar-refractivity contribution in [2.45, 2.75) is 6.42 Å². The molecule has 0 nitrogen and oxygen atoms in total. The van der Waals surface area contributed by atoms with Crippen molar-refractivity contribution >= 4 is 29.3 Å². The first-order valence-electron chi connectivity index (χ1n) is 3.42. The zero-order chi connectivity index (χ0) is 7.84. The molecule has 1 aliphatic rings. The molecule has 1 aliphatic carbocycles. The molecule has 0 amide bonds. The first-order chi connectivity index (χ1) is 5.27. The largest absolute Gasteiger partial charge is 0.0843 e. The molecule has 0 aromatic heterocycles. The van der Waals surface area contributed by atoms with Gasteiger partial charge in [-0.1, -0.05) is 35.4 Å². The van der Waals surface area contributed by atoms with Crippen LogP contribution in [0.15, 0.2) is 18.2 Å². The zero-order valence-corrected chi connectivity index (χ0v) is 7.28. The molecule has 0 heterocycles. The Hall–Kier alpha value is -0.460. The number of hydrogen-bond donors (Lipinski definition) is 0. The minimum atomic E-state index is 0.720. The molecule has 0 spiro atoms. The lowest BCUT2D eigenvalue weighted by Gasteiger charge is -2.01. The summed E-state index contributed by atoms with van der Waals surface area (Å²) in [6.07, 6.45) is 5.08. The molecule has 1 aromatic rings. The summed E-state index contributed by atoms with van der Waals surface area (Å²) >= 11 is 11.8. The van der Waals surface area contributed by atoms with Crippen molar-refractivity contribution in [3.8, 4) is 0 Å². The van der Waals surface area contributed by atoms with Crippen LogP contribution in [0.5, 0.6) is 0 Å². The maximum atomic E-state index is 5.94. The summed E-state index contributed by atoms with van der Waals surface area (Å²) in [6.45, 7) is 0. The molecule has 11 heavy (non-hydrogen) atoms. The van der Waals surface area contributed by atoms with Crippen LogP contribution >= 0.6 is 23.2 Å². The predicted molar refractivity (Wildman–Crippen MR) is 49.2 cm³/mol. The number of halogens is 2. The van der Waals surface area contributed by atoms with Crippen molar-refractivity contribution in [2.75, 3.05) is 0 Å². The number of allylic oxidation sites excluding steroid dienone is 1. The standard InChI is InChI=1S/C9H6Cl2/c10-7-4-6-2-1-3-8(6)9(11)5-7/h1,3-5H,2H2. The summed E-state index contributed by atoms with van der Waals surface area (Å²) in [5.41, 5.74) is 2.35. The van der Waals surface area contributed by atoms with Gasteiger partial charge in [-0.25, -0.2) is 0 Å².